The number of piperidine rings is 1. The summed E-state index contributed by atoms with van der Waals surface area (Å²) in [5.74, 6) is -0.298. The van der Waals surface area contributed by atoms with Crippen LogP contribution in [0.25, 0.3) is 11.1 Å². The first-order chi connectivity index (χ1) is 17.7. The van der Waals surface area contributed by atoms with Gasteiger partial charge in [-0.1, -0.05) is 42.5 Å². The van der Waals surface area contributed by atoms with Gasteiger partial charge in [0.2, 0.25) is 0 Å². The Kier molecular flexibility index (Phi) is 7.94. The highest BCUT2D eigenvalue weighted by molar-refractivity contribution is 5.68. The summed E-state index contributed by atoms with van der Waals surface area (Å²) in [6.07, 6.45) is 1.24. The summed E-state index contributed by atoms with van der Waals surface area (Å²) in [6, 6.07) is 24.4. The van der Waals surface area contributed by atoms with Crippen molar-refractivity contribution in [3.63, 3.8) is 0 Å². The zero-order valence-electron chi connectivity index (χ0n) is 21.7. The lowest BCUT2D eigenvalue weighted by molar-refractivity contribution is 0.00334. The maximum absolute atomic E-state index is 13.4. The van der Waals surface area contributed by atoms with Crippen LogP contribution in [-0.4, -0.2) is 36.3 Å². The van der Waals surface area contributed by atoms with Crippen molar-refractivity contribution >= 4 is 6.09 Å². The molecule has 192 valence electrons. The Bertz CT molecular complexity index is 1250. The number of benzene rings is 3. The molecule has 1 fully saturated rings. The van der Waals surface area contributed by atoms with Gasteiger partial charge in [-0.3, -0.25) is 0 Å². The molecular weight excluding hydrogens is 467 g/mol. The van der Waals surface area contributed by atoms with Crippen LogP contribution in [0, 0.1) is 17.1 Å². The summed E-state index contributed by atoms with van der Waals surface area (Å²) in [7, 11) is 0. The zero-order chi connectivity index (χ0) is 26.5. The third-order valence-electron chi connectivity index (χ3n) is 6.70. The van der Waals surface area contributed by atoms with Gasteiger partial charge in [0.1, 0.15) is 11.4 Å². The van der Waals surface area contributed by atoms with Gasteiger partial charge in [-0.25, -0.2) is 9.18 Å². The van der Waals surface area contributed by atoms with Gasteiger partial charge in [0.25, 0.3) is 0 Å². The second kappa shape index (κ2) is 11.1. The Morgan fingerprint density at radius 1 is 1.00 bits per heavy atom. The van der Waals surface area contributed by atoms with Gasteiger partial charge in [-0.2, -0.15) is 5.26 Å². The first kappa shape index (κ1) is 26.4. The fourth-order valence-corrected chi connectivity index (χ4v) is 4.76. The molecule has 1 saturated heterocycles. The largest absolute Gasteiger partial charge is 0.444 e. The van der Waals surface area contributed by atoms with E-state index in [1.807, 2.05) is 51.1 Å². The van der Waals surface area contributed by atoms with E-state index in [0.717, 1.165) is 29.5 Å². The lowest BCUT2D eigenvalue weighted by atomic mass is 9.73. The van der Waals surface area contributed by atoms with Crippen molar-refractivity contribution in [1.82, 2.24) is 4.90 Å². The van der Waals surface area contributed by atoms with E-state index in [1.165, 1.54) is 17.7 Å². The Labute approximate surface area is 218 Å². The predicted octanol–water partition coefficient (Wildman–Crippen LogP) is 6.85. The van der Waals surface area contributed by atoms with Gasteiger partial charge in [0.05, 0.1) is 24.8 Å². The molecule has 0 aliphatic carbocycles. The number of halogens is 1. The Morgan fingerprint density at radius 3 is 2.30 bits per heavy atom. The average molecular weight is 501 g/mol. The molecule has 1 aliphatic heterocycles. The second-order valence-electron chi connectivity index (χ2n) is 10.6. The van der Waals surface area contributed by atoms with Crippen molar-refractivity contribution in [2.75, 3.05) is 19.7 Å². The minimum absolute atomic E-state index is 0.230. The number of carbonyl (C=O) groups is 1. The monoisotopic (exact) mass is 500 g/mol. The summed E-state index contributed by atoms with van der Waals surface area (Å²) >= 11 is 0. The molecule has 1 amide bonds. The molecule has 0 spiro atoms. The van der Waals surface area contributed by atoms with Crippen molar-refractivity contribution in [3.8, 4) is 17.2 Å². The van der Waals surface area contributed by atoms with Crippen molar-refractivity contribution in [2.24, 2.45) is 0 Å². The number of likely N-dealkylation sites (tertiary alicyclic amines) is 1. The fraction of sp³-hybridized carbons (Fsp3) is 0.355. The molecule has 0 saturated carbocycles. The molecule has 0 radical (unpaired) electrons. The third-order valence-corrected chi connectivity index (χ3v) is 6.70. The van der Waals surface area contributed by atoms with Gasteiger partial charge in [0.15, 0.2) is 0 Å². The minimum Gasteiger partial charge on any atom is -0.444 e. The van der Waals surface area contributed by atoms with Gasteiger partial charge >= 0.3 is 6.09 Å². The van der Waals surface area contributed by atoms with Crippen LogP contribution < -0.4 is 0 Å². The van der Waals surface area contributed by atoms with Gasteiger partial charge in [0, 0.05) is 18.5 Å². The van der Waals surface area contributed by atoms with Crippen molar-refractivity contribution in [2.45, 2.75) is 51.2 Å². The van der Waals surface area contributed by atoms with E-state index in [1.54, 1.807) is 23.1 Å². The minimum atomic E-state index is -0.529. The molecule has 0 unspecified atom stereocenters. The van der Waals surface area contributed by atoms with Crippen LogP contribution in [0.15, 0.2) is 72.8 Å². The molecule has 3 aromatic carbocycles. The van der Waals surface area contributed by atoms with Crippen molar-refractivity contribution in [3.05, 3.63) is 95.3 Å². The number of hydrogen-bond acceptors (Lipinski definition) is 4. The SMILES string of the molecule is CC(C)(C)OC(=O)N1CCC(COCc2cc(C#N)cc(-c3ccc(F)cc3)c2)(c2ccccc2)CC1. The fourth-order valence-electron chi connectivity index (χ4n) is 4.76. The average Bonchev–Trinajstić information content (AvgIpc) is 2.89. The second-order valence-corrected chi connectivity index (χ2v) is 10.6. The number of hydrogen-bond donors (Lipinski definition) is 0. The van der Waals surface area contributed by atoms with E-state index >= 15 is 0 Å². The standard InChI is InChI=1S/C31H33FN2O3/c1-30(2,3)37-29(35)34-15-13-31(14-16-34,27-7-5-4-6-8-27)22-36-21-24-17-23(20-33)18-26(19-24)25-9-11-28(32)12-10-25/h4-12,17-19H,13-16,21-22H2,1-3H3. The van der Waals surface area contributed by atoms with Crippen LogP contribution in [0.5, 0.6) is 0 Å². The molecule has 1 heterocycles. The molecule has 1 aliphatic rings. The smallest absolute Gasteiger partial charge is 0.410 e. The van der Waals surface area contributed by atoms with E-state index in [0.29, 0.717) is 31.9 Å². The summed E-state index contributed by atoms with van der Waals surface area (Å²) in [5.41, 5.74) is 3.54. The molecule has 0 atom stereocenters. The first-order valence-electron chi connectivity index (χ1n) is 12.6. The van der Waals surface area contributed by atoms with E-state index in [4.69, 9.17) is 9.47 Å². The topological polar surface area (TPSA) is 62.6 Å². The van der Waals surface area contributed by atoms with Crippen LogP contribution >= 0.6 is 0 Å². The molecular formula is C31H33FN2O3. The molecule has 4 rings (SSSR count). The van der Waals surface area contributed by atoms with E-state index in [-0.39, 0.29) is 17.3 Å². The molecule has 0 N–H and O–H groups in total. The number of carbonyl (C=O) groups excluding carboxylic acids is 1. The van der Waals surface area contributed by atoms with E-state index in [9.17, 15) is 14.4 Å². The van der Waals surface area contributed by atoms with E-state index < -0.39 is 5.60 Å². The Balaban J connectivity index is 1.48. The highest BCUT2D eigenvalue weighted by Gasteiger charge is 2.38. The van der Waals surface area contributed by atoms with Gasteiger partial charge in [-0.05, 0) is 86.2 Å². The van der Waals surface area contributed by atoms with Crippen LogP contribution in [0.4, 0.5) is 9.18 Å². The molecule has 3 aromatic rings. The summed E-state index contributed by atoms with van der Waals surface area (Å²) in [4.78, 5) is 14.4. The number of rotatable bonds is 6. The quantitative estimate of drug-likeness (QED) is 0.371. The van der Waals surface area contributed by atoms with Gasteiger partial charge in [-0.15, -0.1) is 0 Å². The zero-order valence-corrected chi connectivity index (χ0v) is 21.7. The molecule has 0 bridgehead atoms. The number of amides is 1. The number of nitriles is 1. The van der Waals surface area contributed by atoms with Crippen molar-refractivity contribution in [1.29, 1.82) is 5.26 Å². The highest BCUT2D eigenvalue weighted by Crippen LogP contribution is 2.37. The van der Waals surface area contributed by atoms with Crippen LogP contribution in [-0.2, 0) is 21.5 Å². The van der Waals surface area contributed by atoms with Crippen LogP contribution in [0.1, 0.15) is 50.3 Å². The lowest BCUT2D eigenvalue weighted by Crippen LogP contribution is -2.48. The predicted molar refractivity (Wildman–Crippen MR) is 141 cm³/mol. The Hall–Kier alpha value is -3.69. The highest BCUT2D eigenvalue weighted by atomic mass is 19.1. The first-order valence-corrected chi connectivity index (χ1v) is 12.6. The molecule has 0 aromatic heterocycles. The van der Waals surface area contributed by atoms with Crippen molar-refractivity contribution < 1.29 is 18.7 Å². The van der Waals surface area contributed by atoms with Crippen LogP contribution in [0.2, 0.25) is 0 Å². The summed E-state index contributed by atoms with van der Waals surface area (Å²) in [6.45, 7) is 7.63. The van der Waals surface area contributed by atoms with Gasteiger partial charge < -0.3 is 14.4 Å². The summed E-state index contributed by atoms with van der Waals surface area (Å²) in [5, 5.41) is 9.54. The Morgan fingerprint density at radius 2 is 1.68 bits per heavy atom. The maximum atomic E-state index is 13.4. The maximum Gasteiger partial charge on any atom is 0.410 e. The number of nitrogens with zero attached hydrogens (tertiary/aromatic N) is 2. The molecule has 6 heteroatoms. The third kappa shape index (κ3) is 6.75. The lowest BCUT2D eigenvalue weighted by Gasteiger charge is -2.42. The number of ether oxygens (including phenoxy) is 2. The normalized spacial score (nSPS) is 15.2. The van der Waals surface area contributed by atoms with E-state index in [2.05, 4.69) is 18.2 Å². The van der Waals surface area contributed by atoms with Crippen LogP contribution in [0.3, 0.4) is 0 Å². The molecule has 37 heavy (non-hydrogen) atoms. The molecule has 5 nitrogen and oxygen atoms in total. The summed E-state index contributed by atoms with van der Waals surface area (Å²) < 4.78 is 25.3.